The van der Waals surface area contributed by atoms with Gasteiger partial charge in [-0.25, -0.2) is 5.43 Å². The van der Waals surface area contributed by atoms with Gasteiger partial charge in [0.15, 0.2) is 0 Å². The molecule has 2 aromatic rings. The number of hydrogen-bond acceptors (Lipinski definition) is 5. The minimum atomic E-state index is -0.159. The third-order valence-electron chi connectivity index (χ3n) is 3.71. The maximum atomic E-state index is 11.9. The van der Waals surface area contributed by atoms with Gasteiger partial charge in [0.05, 0.1) is 26.1 Å². The number of carbonyl (C=O) groups excluding carboxylic acids is 1. The molecular weight excluding hydrogens is 308 g/mol. The van der Waals surface area contributed by atoms with E-state index in [4.69, 9.17) is 9.47 Å². The molecule has 0 radical (unpaired) electrons. The van der Waals surface area contributed by atoms with Crippen LogP contribution in [0.2, 0.25) is 0 Å². The van der Waals surface area contributed by atoms with Gasteiger partial charge < -0.3 is 9.47 Å². The smallest absolute Gasteiger partial charge is 0.240 e. The van der Waals surface area contributed by atoms with Crippen LogP contribution < -0.4 is 14.9 Å². The topological polar surface area (TPSA) is 88.6 Å². The lowest BCUT2D eigenvalue weighted by Gasteiger charge is -2.06. The molecule has 128 valence electrons. The number of H-pyrrole nitrogens is 1. The van der Waals surface area contributed by atoms with E-state index < -0.39 is 0 Å². The van der Waals surface area contributed by atoms with Crippen molar-refractivity contribution in [3.63, 3.8) is 0 Å². The number of ether oxygens (including phenoxy) is 2. The predicted octanol–water partition coefficient (Wildman–Crippen LogP) is 2.13. The molecule has 1 aromatic carbocycles. The van der Waals surface area contributed by atoms with Crippen molar-refractivity contribution >= 4 is 12.1 Å². The fourth-order valence-corrected chi connectivity index (χ4v) is 2.35. The first kappa shape index (κ1) is 17.5. The van der Waals surface area contributed by atoms with Crippen molar-refractivity contribution in [3.8, 4) is 11.5 Å². The van der Waals surface area contributed by atoms with Gasteiger partial charge >= 0.3 is 0 Å². The predicted molar refractivity (Wildman–Crippen MR) is 91.7 cm³/mol. The molecule has 0 unspecified atom stereocenters. The Hall–Kier alpha value is -2.83. The van der Waals surface area contributed by atoms with E-state index in [0.29, 0.717) is 24.3 Å². The van der Waals surface area contributed by atoms with Gasteiger partial charge in [-0.1, -0.05) is 0 Å². The summed E-state index contributed by atoms with van der Waals surface area (Å²) >= 11 is 0. The van der Waals surface area contributed by atoms with Crippen molar-refractivity contribution < 1.29 is 14.3 Å². The maximum absolute atomic E-state index is 11.9. The van der Waals surface area contributed by atoms with Crippen molar-refractivity contribution in [2.75, 3.05) is 14.2 Å². The minimum Gasteiger partial charge on any atom is -0.497 e. The highest BCUT2D eigenvalue weighted by atomic mass is 16.5. The van der Waals surface area contributed by atoms with Gasteiger partial charge in [-0.05, 0) is 44.0 Å². The Kier molecular flexibility index (Phi) is 5.95. The zero-order valence-electron chi connectivity index (χ0n) is 14.3. The van der Waals surface area contributed by atoms with Gasteiger partial charge in [-0.2, -0.15) is 10.2 Å². The molecule has 1 heterocycles. The lowest BCUT2D eigenvalue weighted by Crippen LogP contribution is -2.18. The molecule has 0 atom stereocenters. The Morgan fingerprint density at radius 2 is 2.12 bits per heavy atom. The summed E-state index contributed by atoms with van der Waals surface area (Å²) in [6.45, 7) is 3.87. The van der Waals surface area contributed by atoms with Crippen molar-refractivity contribution in [1.82, 2.24) is 15.6 Å². The lowest BCUT2D eigenvalue weighted by molar-refractivity contribution is -0.121. The molecule has 7 heteroatoms. The molecule has 7 nitrogen and oxygen atoms in total. The Labute approximate surface area is 141 Å². The van der Waals surface area contributed by atoms with Crippen LogP contribution in [0.4, 0.5) is 0 Å². The highest BCUT2D eigenvalue weighted by Crippen LogP contribution is 2.22. The Balaban J connectivity index is 1.93. The summed E-state index contributed by atoms with van der Waals surface area (Å²) < 4.78 is 10.4. The largest absolute Gasteiger partial charge is 0.497 e. The number of aryl methyl sites for hydroxylation is 2. The number of hydrogen-bond donors (Lipinski definition) is 2. The van der Waals surface area contributed by atoms with Gasteiger partial charge in [0.2, 0.25) is 5.91 Å². The lowest BCUT2D eigenvalue weighted by atomic mass is 10.1. The summed E-state index contributed by atoms with van der Waals surface area (Å²) in [6, 6.07) is 5.36. The molecular formula is C17H22N4O3. The maximum Gasteiger partial charge on any atom is 0.240 e. The van der Waals surface area contributed by atoms with E-state index in [0.717, 1.165) is 22.5 Å². The van der Waals surface area contributed by atoms with Crippen molar-refractivity contribution in [3.05, 3.63) is 40.7 Å². The van der Waals surface area contributed by atoms with Gasteiger partial charge in [-0.15, -0.1) is 0 Å². The van der Waals surface area contributed by atoms with Gasteiger partial charge in [0, 0.05) is 17.7 Å². The molecule has 0 saturated heterocycles. The zero-order chi connectivity index (χ0) is 17.5. The van der Waals surface area contributed by atoms with Crippen LogP contribution in [0.1, 0.15) is 28.9 Å². The second-order valence-electron chi connectivity index (χ2n) is 5.31. The van der Waals surface area contributed by atoms with E-state index >= 15 is 0 Å². The molecule has 24 heavy (non-hydrogen) atoms. The molecule has 0 spiro atoms. The number of methoxy groups -OCH3 is 2. The summed E-state index contributed by atoms with van der Waals surface area (Å²) in [5.74, 6) is 1.18. The quantitative estimate of drug-likeness (QED) is 0.601. The van der Waals surface area contributed by atoms with Crippen LogP contribution in [0.3, 0.4) is 0 Å². The van der Waals surface area contributed by atoms with Crippen molar-refractivity contribution in [1.29, 1.82) is 0 Å². The average Bonchev–Trinajstić information content (AvgIpc) is 2.91. The van der Waals surface area contributed by atoms with Crippen LogP contribution in [0.15, 0.2) is 23.3 Å². The molecule has 0 saturated carbocycles. The van der Waals surface area contributed by atoms with E-state index in [1.165, 1.54) is 6.21 Å². The fourth-order valence-electron chi connectivity index (χ4n) is 2.35. The number of rotatable bonds is 7. The molecule has 0 aliphatic rings. The van der Waals surface area contributed by atoms with E-state index in [9.17, 15) is 4.79 Å². The monoisotopic (exact) mass is 330 g/mol. The molecule has 0 bridgehead atoms. The first-order chi connectivity index (χ1) is 11.5. The van der Waals surface area contributed by atoms with Gasteiger partial charge in [-0.3, -0.25) is 9.89 Å². The molecule has 2 N–H and O–H groups in total. The van der Waals surface area contributed by atoms with E-state index in [-0.39, 0.29) is 5.91 Å². The van der Waals surface area contributed by atoms with Crippen LogP contribution in [0, 0.1) is 13.8 Å². The van der Waals surface area contributed by atoms with Crippen molar-refractivity contribution in [2.24, 2.45) is 5.10 Å². The second kappa shape index (κ2) is 8.14. The number of hydrazone groups is 1. The molecule has 1 amide bonds. The second-order valence-corrected chi connectivity index (χ2v) is 5.31. The Morgan fingerprint density at radius 1 is 1.33 bits per heavy atom. The van der Waals surface area contributed by atoms with Crippen LogP contribution in [0.25, 0.3) is 0 Å². The summed E-state index contributed by atoms with van der Waals surface area (Å²) in [6.07, 6.45) is 2.50. The van der Waals surface area contributed by atoms with Crippen LogP contribution in [-0.2, 0) is 11.2 Å². The molecule has 0 aliphatic carbocycles. The zero-order valence-corrected chi connectivity index (χ0v) is 14.3. The van der Waals surface area contributed by atoms with Gasteiger partial charge in [0.25, 0.3) is 0 Å². The normalized spacial score (nSPS) is 10.8. The number of aromatic amines is 1. The number of aromatic nitrogens is 2. The third-order valence-corrected chi connectivity index (χ3v) is 3.71. The summed E-state index contributed by atoms with van der Waals surface area (Å²) in [4.78, 5) is 11.9. The summed E-state index contributed by atoms with van der Waals surface area (Å²) in [5, 5.41) is 11.0. The van der Waals surface area contributed by atoms with Crippen LogP contribution >= 0.6 is 0 Å². The number of nitrogens with zero attached hydrogens (tertiary/aromatic N) is 2. The first-order valence-corrected chi connectivity index (χ1v) is 7.59. The highest BCUT2D eigenvalue weighted by molar-refractivity contribution is 5.85. The standard InChI is InChI=1S/C17H22N4O3/c1-11-15(12(2)20-19-11)6-8-17(22)21-18-10-13-9-14(23-3)5-7-16(13)24-4/h5,7,9-10H,6,8H2,1-4H3,(H,19,20)(H,21,22)/b18-10+. The third kappa shape index (κ3) is 4.34. The molecule has 1 aromatic heterocycles. The number of carbonyl (C=O) groups is 1. The minimum absolute atomic E-state index is 0.159. The number of nitrogens with one attached hydrogen (secondary N) is 2. The number of amides is 1. The van der Waals surface area contributed by atoms with E-state index in [1.807, 2.05) is 13.8 Å². The molecule has 2 rings (SSSR count). The first-order valence-electron chi connectivity index (χ1n) is 7.59. The highest BCUT2D eigenvalue weighted by Gasteiger charge is 2.09. The van der Waals surface area contributed by atoms with Crippen molar-refractivity contribution in [2.45, 2.75) is 26.7 Å². The fraction of sp³-hybridized carbons (Fsp3) is 0.353. The van der Waals surface area contributed by atoms with E-state index in [2.05, 4.69) is 20.7 Å². The van der Waals surface area contributed by atoms with Gasteiger partial charge in [0.1, 0.15) is 11.5 Å². The summed E-state index contributed by atoms with van der Waals surface area (Å²) in [7, 11) is 3.16. The van der Waals surface area contributed by atoms with Crippen LogP contribution in [-0.4, -0.2) is 36.5 Å². The van der Waals surface area contributed by atoms with Crippen LogP contribution in [0.5, 0.6) is 11.5 Å². The Morgan fingerprint density at radius 3 is 2.75 bits per heavy atom. The SMILES string of the molecule is COc1ccc(OC)c(/C=N/NC(=O)CCc2c(C)n[nH]c2C)c1. The average molecular weight is 330 g/mol. The molecule has 0 fully saturated rings. The summed E-state index contributed by atoms with van der Waals surface area (Å²) in [5.41, 5.74) is 6.23. The molecule has 0 aliphatic heterocycles. The van der Waals surface area contributed by atoms with E-state index in [1.54, 1.807) is 32.4 Å². The number of benzene rings is 1. The Bertz CT molecular complexity index is 718.